The van der Waals surface area contributed by atoms with Gasteiger partial charge in [-0.25, -0.2) is 4.68 Å². The quantitative estimate of drug-likeness (QED) is 0.369. The van der Waals surface area contributed by atoms with E-state index in [2.05, 4.69) is 15.6 Å². The fourth-order valence-electron chi connectivity index (χ4n) is 3.89. The summed E-state index contributed by atoms with van der Waals surface area (Å²) in [5.74, 6) is 0.814. The van der Waals surface area contributed by atoms with Crippen LogP contribution < -0.4 is 10.6 Å². The van der Waals surface area contributed by atoms with E-state index in [-0.39, 0.29) is 5.91 Å². The van der Waals surface area contributed by atoms with E-state index >= 15 is 0 Å². The van der Waals surface area contributed by atoms with Crippen molar-refractivity contribution in [2.45, 2.75) is 13.0 Å². The molecule has 0 bridgehead atoms. The fraction of sp³-hybridized carbons (Fsp3) is 0.0800. The highest BCUT2D eigenvalue weighted by atomic mass is 35.5. The monoisotopic (exact) mass is 475 g/mol. The largest absolute Gasteiger partial charge is 0.328 e. The van der Waals surface area contributed by atoms with Crippen molar-refractivity contribution in [1.29, 1.82) is 0 Å². The second-order valence-corrected chi connectivity index (χ2v) is 8.47. The molecule has 0 saturated carbocycles. The number of aromatic nitrogens is 3. The van der Waals surface area contributed by atoms with Crippen molar-refractivity contribution >= 4 is 40.7 Å². The van der Waals surface area contributed by atoms with Gasteiger partial charge < -0.3 is 10.6 Å². The molecule has 1 aromatic heterocycles. The predicted octanol–water partition coefficient (Wildman–Crippen LogP) is 6.18. The summed E-state index contributed by atoms with van der Waals surface area (Å²) < 4.78 is 1.70. The highest BCUT2D eigenvalue weighted by Gasteiger charge is 2.35. The first-order chi connectivity index (χ1) is 16.0. The van der Waals surface area contributed by atoms with Crippen molar-refractivity contribution < 1.29 is 4.79 Å². The minimum absolute atomic E-state index is 0.260. The molecule has 0 saturated heterocycles. The lowest BCUT2D eigenvalue weighted by Gasteiger charge is -2.29. The van der Waals surface area contributed by atoms with Crippen molar-refractivity contribution in [3.05, 3.63) is 106 Å². The molecule has 8 heteroatoms. The van der Waals surface area contributed by atoms with Crippen LogP contribution in [0, 0.1) is 0 Å². The number of amides is 1. The number of rotatable bonds is 4. The molecule has 0 fully saturated rings. The number of carbonyl (C=O) groups excluding carboxylic acids is 1. The molecule has 2 heterocycles. The Balaban J connectivity index is 1.64. The van der Waals surface area contributed by atoms with Gasteiger partial charge in [-0.2, -0.15) is 4.98 Å². The van der Waals surface area contributed by atoms with Crippen LogP contribution in [0.3, 0.4) is 0 Å². The van der Waals surface area contributed by atoms with Crippen LogP contribution in [0.1, 0.15) is 18.5 Å². The number of hydrogen-bond acceptors (Lipinski definition) is 4. The fourth-order valence-corrected chi connectivity index (χ4v) is 4.40. The Hall–Kier alpha value is -3.61. The Labute approximate surface area is 200 Å². The van der Waals surface area contributed by atoms with Gasteiger partial charge in [0.1, 0.15) is 6.04 Å². The van der Waals surface area contributed by atoms with Crippen molar-refractivity contribution in [2.24, 2.45) is 0 Å². The van der Waals surface area contributed by atoms with Gasteiger partial charge >= 0.3 is 0 Å². The molecular weight excluding hydrogens is 457 g/mol. The lowest BCUT2D eigenvalue weighted by molar-refractivity contribution is -0.113. The Morgan fingerprint density at radius 2 is 1.70 bits per heavy atom. The first-order valence-corrected chi connectivity index (χ1v) is 11.1. The summed E-state index contributed by atoms with van der Waals surface area (Å²) in [7, 11) is 0. The Morgan fingerprint density at radius 1 is 1.00 bits per heavy atom. The van der Waals surface area contributed by atoms with Gasteiger partial charge in [-0.3, -0.25) is 4.79 Å². The molecule has 6 nitrogen and oxygen atoms in total. The van der Waals surface area contributed by atoms with Gasteiger partial charge in [0, 0.05) is 32.6 Å². The van der Waals surface area contributed by atoms with E-state index in [1.807, 2.05) is 73.7 Å². The molecule has 1 atom stereocenters. The lowest BCUT2D eigenvalue weighted by atomic mass is 9.95. The van der Waals surface area contributed by atoms with Crippen LogP contribution in [0.15, 0.2) is 90.1 Å². The number of carbonyl (C=O) groups is 1. The number of benzene rings is 3. The van der Waals surface area contributed by atoms with E-state index in [0.717, 1.165) is 5.56 Å². The van der Waals surface area contributed by atoms with Gasteiger partial charge in [0.25, 0.3) is 5.91 Å². The van der Waals surface area contributed by atoms with Crippen molar-refractivity contribution in [3.8, 4) is 11.4 Å². The zero-order chi connectivity index (χ0) is 22.9. The van der Waals surface area contributed by atoms with E-state index in [1.54, 1.807) is 16.8 Å². The molecule has 1 aliphatic heterocycles. The number of anilines is 2. The number of allylic oxidation sites excluding steroid dienone is 1. The number of nitrogens with zero attached hydrogens (tertiary/aromatic N) is 3. The van der Waals surface area contributed by atoms with Crippen molar-refractivity contribution in [1.82, 2.24) is 14.8 Å². The van der Waals surface area contributed by atoms with Gasteiger partial charge in [-0.05, 0) is 31.2 Å². The highest BCUT2D eigenvalue weighted by molar-refractivity contribution is 6.35. The molecule has 1 amide bonds. The molecule has 0 aliphatic carbocycles. The summed E-state index contributed by atoms with van der Waals surface area (Å²) in [6.45, 7) is 1.84. The van der Waals surface area contributed by atoms with E-state index in [4.69, 9.17) is 28.3 Å². The van der Waals surface area contributed by atoms with Crippen LogP contribution in [0.25, 0.3) is 11.4 Å². The smallest absolute Gasteiger partial charge is 0.255 e. The number of nitrogens with one attached hydrogen (secondary N) is 2. The van der Waals surface area contributed by atoms with Crippen molar-refractivity contribution in [2.75, 3.05) is 10.6 Å². The standard InChI is InChI=1S/C25H19Cl2N5O/c1-15-21(24(33)29-18-10-6-3-7-11-18)22(19-13-12-17(26)14-20(19)27)32-25(28-15)30-23(31-32)16-8-4-2-5-9-16/h2-14,22H,1H3,(H,29,33)(H,28,30,31). The number of fused-ring (bicyclic) bond motifs is 1. The van der Waals surface area contributed by atoms with Gasteiger partial charge in [0.2, 0.25) is 5.95 Å². The minimum atomic E-state index is -0.598. The second-order valence-electron chi connectivity index (χ2n) is 7.62. The molecule has 0 spiro atoms. The van der Waals surface area contributed by atoms with E-state index in [0.29, 0.717) is 44.3 Å². The zero-order valence-electron chi connectivity index (χ0n) is 17.6. The van der Waals surface area contributed by atoms with Crippen LogP contribution in [0.2, 0.25) is 10.0 Å². The Bertz CT molecular complexity index is 1370. The van der Waals surface area contributed by atoms with Crippen LogP contribution in [-0.4, -0.2) is 20.7 Å². The first kappa shape index (κ1) is 21.2. The summed E-state index contributed by atoms with van der Waals surface area (Å²) in [6.07, 6.45) is 0. The first-order valence-electron chi connectivity index (χ1n) is 10.3. The molecular formula is C25H19Cl2N5O. The van der Waals surface area contributed by atoms with Crippen LogP contribution >= 0.6 is 23.2 Å². The lowest BCUT2D eigenvalue weighted by Crippen LogP contribution is -2.31. The molecule has 1 unspecified atom stereocenters. The predicted molar refractivity (Wildman–Crippen MR) is 131 cm³/mol. The summed E-state index contributed by atoms with van der Waals surface area (Å²) >= 11 is 12.8. The average Bonchev–Trinajstić information content (AvgIpc) is 3.23. The molecule has 4 aromatic rings. The summed E-state index contributed by atoms with van der Waals surface area (Å²) in [4.78, 5) is 18.2. The molecule has 2 N–H and O–H groups in total. The third-order valence-corrected chi connectivity index (χ3v) is 5.98. The minimum Gasteiger partial charge on any atom is -0.328 e. The van der Waals surface area contributed by atoms with Gasteiger partial charge in [0.05, 0.1) is 5.57 Å². The van der Waals surface area contributed by atoms with Crippen molar-refractivity contribution in [3.63, 3.8) is 0 Å². The SMILES string of the molecule is CC1=C(C(=O)Nc2ccccc2)C(c2ccc(Cl)cc2Cl)n2nc(-c3ccccc3)nc2N1. The highest BCUT2D eigenvalue weighted by Crippen LogP contribution is 2.40. The van der Waals surface area contributed by atoms with E-state index < -0.39 is 6.04 Å². The second kappa shape index (κ2) is 8.73. The Morgan fingerprint density at radius 3 is 2.39 bits per heavy atom. The Kier molecular flexibility index (Phi) is 5.62. The van der Waals surface area contributed by atoms with Gasteiger partial charge in [-0.15, -0.1) is 5.10 Å². The van der Waals surface area contributed by atoms with Crippen LogP contribution in [0.4, 0.5) is 11.6 Å². The molecule has 33 heavy (non-hydrogen) atoms. The zero-order valence-corrected chi connectivity index (χ0v) is 19.1. The van der Waals surface area contributed by atoms with E-state index in [1.165, 1.54) is 0 Å². The number of para-hydroxylation sites is 1. The molecule has 3 aromatic carbocycles. The topological polar surface area (TPSA) is 71.8 Å². The number of hydrogen-bond donors (Lipinski definition) is 2. The summed E-state index contributed by atoms with van der Waals surface area (Å²) in [5.41, 5.74) is 3.41. The van der Waals surface area contributed by atoms with Gasteiger partial charge in [-0.1, -0.05) is 77.8 Å². The third kappa shape index (κ3) is 4.11. The average molecular weight is 476 g/mol. The van der Waals surface area contributed by atoms with Crippen LogP contribution in [-0.2, 0) is 4.79 Å². The summed E-state index contributed by atoms with van der Waals surface area (Å²) in [6, 6.07) is 23.6. The summed E-state index contributed by atoms with van der Waals surface area (Å²) in [5, 5.41) is 11.9. The number of halogens is 2. The maximum atomic E-state index is 13.5. The molecule has 0 radical (unpaired) electrons. The normalized spacial score (nSPS) is 15.1. The van der Waals surface area contributed by atoms with Crippen LogP contribution in [0.5, 0.6) is 0 Å². The maximum absolute atomic E-state index is 13.5. The van der Waals surface area contributed by atoms with E-state index in [9.17, 15) is 4.79 Å². The third-order valence-electron chi connectivity index (χ3n) is 5.42. The molecule has 1 aliphatic rings. The molecule has 164 valence electrons. The van der Waals surface area contributed by atoms with Gasteiger partial charge in [0.15, 0.2) is 5.82 Å². The maximum Gasteiger partial charge on any atom is 0.255 e. The molecule has 5 rings (SSSR count).